The molecule has 0 bridgehead atoms. The summed E-state index contributed by atoms with van der Waals surface area (Å²) in [6, 6.07) is 0. The molecule has 1 aromatic heterocycles. The lowest BCUT2D eigenvalue weighted by molar-refractivity contribution is 0.0519. The molecule has 1 heterocycles. The fourth-order valence-corrected chi connectivity index (χ4v) is 3.26. The fourth-order valence-electron chi connectivity index (χ4n) is 2.05. The Morgan fingerprint density at radius 3 is 3.00 bits per heavy atom. The van der Waals surface area contributed by atoms with Crippen LogP contribution in [0.3, 0.4) is 0 Å². The number of carbonyl (C=O) groups excluding carboxylic acids is 1. The topological polar surface area (TPSA) is 44.1 Å². The average Bonchev–Trinajstić information content (AvgIpc) is 2.79. The molecular formula is C12H18N2O2S. The van der Waals surface area contributed by atoms with Crippen molar-refractivity contribution in [3.63, 3.8) is 0 Å². The van der Waals surface area contributed by atoms with E-state index in [9.17, 15) is 4.79 Å². The second-order valence-corrected chi connectivity index (χ2v) is 5.46. The molecule has 0 aliphatic heterocycles. The van der Waals surface area contributed by atoms with E-state index in [1.807, 2.05) is 10.9 Å². The maximum Gasteiger partial charge on any atom is 0.357 e. The zero-order valence-corrected chi connectivity index (χ0v) is 10.9. The predicted octanol–water partition coefficient (Wildman–Crippen LogP) is 2.89. The highest BCUT2D eigenvalue weighted by molar-refractivity contribution is 7.98. The van der Waals surface area contributed by atoms with E-state index in [-0.39, 0.29) is 5.97 Å². The van der Waals surface area contributed by atoms with Gasteiger partial charge in [-0.05, 0) is 31.7 Å². The van der Waals surface area contributed by atoms with Crippen LogP contribution in [0.1, 0.15) is 49.5 Å². The summed E-state index contributed by atoms with van der Waals surface area (Å²) in [5.74, 6) is -0.284. The standard InChI is InChI=1S/C12H18N2O2S/c1-2-16-12(15)11-8-13-9-14(11)17-10-6-4-3-5-7-10/h8-10H,2-7H2,1H3. The van der Waals surface area contributed by atoms with Gasteiger partial charge < -0.3 is 4.74 Å². The Labute approximate surface area is 106 Å². The Morgan fingerprint density at radius 1 is 1.53 bits per heavy atom. The van der Waals surface area contributed by atoms with Crippen molar-refractivity contribution in [3.8, 4) is 0 Å². The third kappa shape index (κ3) is 3.25. The number of nitrogens with zero attached hydrogens (tertiary/aromatic N) is 2. The van der Waals surface area contributed by atoms with Crippen molar-refractivity contribution >= 4 is 17.9 Å². The monoisotopic (exact) mass is 254 g/mol. The van der Waals surface area contributed by atoms with Crippen LogP contribution in [0.4, 0.5) is 0 Å². The Hall–Kier alpha value is -0.970. The minimum absolute atomic E-state index is 0.284. The predicted molar refractivity (Wildman–Crippen MR) is 68.0 cm³/mol. The maximum atomic E-state index is 11.7. The summed E-state index contributed by atoms with van der Waals surface area (Å²) >= 11 is 1.71. The molecule has 4 nitrogen and oxygen atoms in total. The van der Waals surface area contributed by atoms with Crippen molar-refractivity contribution in [3.05, 3.63) is 18.2 Å². The number of hydrogen-bond donors (Lipinski definition) is 0. The first-order chi connectivity index (χ1) is 8.31. The first-order valence-electron chi connectivity index (χ1n) is 6.18. The molecule has 94 valence electrons. The van der Waals surface area contributed by atoms with E-state index < -0.39 is 0 Å². The summed E-state index contributed by atoms with van der Waals surface area (Å²) in [6.45, 7) is 2.21. The molecule has 2 rings (SSSR count). The zero-order valence-electron chi connectivity index (χ0n) is 10.1. The number of aromatic nitrogens is 2. The molecule has 1 aliphatic rings. The molecule has 5 heteroatoms. The summed E-state index contributed by atoms with van der Waals surface area (Å²) < 4.78 is 6.86. The van der Waals surface area contributed by atoms with Gasteiger partial charge in [-0.3, -0.25) is 3.97 Å². The highest BCUT2D eigenvalue weighted by atomic mass is 32.2. The summed E-state index contributed by atoms with van der Waals surface area (Å²) in [4.78, 5) is 15.7. The van der Waals surface area contributed by atoms with Crippen LogP contribution in [0.15, 0.2) is 12.5 Å². The van der Waals surface area contributed by atoms with Gasteiger partial charge in [-0.25, -0.2) is 9.78 Å². The van der Waals surface area contributed by atoms with Gasteiger partial charge in [0.2, 0.25) is 0 Å². The van der Waals surface area contributed by atoms with Crippen molar-refractivity contribution < 1.29 is 9.53 Å². The molecule has 0 unspecified atom stereocenters. The van der Waals surface area contributed by atoms with Gasteiger partial charge in [0, 0.05) is 5.25 Å². The molecule has 17 heavy (non-hydrogen) atoms. The van der Waals surface area contributed by atoms with E-state index in [1.165, 1.54) is 32.1 Å². The van der Waals surface area contributed by atoms with Crippen LogP contribution in [-0.4, -0.2) is 26.8 Å². The first kappa shape index (κ1) is 12.5. The Balaban J connectivity index is 2.00. The Bertz CT molecular complexity index is 372. The van der Waals surface area contributed by atoms with Gasteiger partial charge >= 0.3 is 5.97 Å². The molecule has 1 fully saturated rings. The van der Waals surface area contributed by atoms with Crippen molar-refractivity contribution in [2.45, 2.75) is 44.3 Å². The van der Waals surface area contributed by atoms with Gasteiger partial charge in [0.05, 0.1) is 12.8 Å². The average molecular weight is 254 g/mol. The first-order valence-corrected chi connectivity index (χ1v) is 7.01. The third-order valence-electron chi connectivity index (χ3n) is 2.91. The molecule has 0 N–H and O–H groups in total. The van der Waals surface area contributed by atoms with Crippen LogP contribution < -0.4 is 0 Å². The molecule has 1 aromatic rings. The molecule has 1 saturated carbocycles. The summed E-state index contributed by atoms with van der Waals surface area (Å²) in [5.41, 5.74) is 0.544. The smallest absolute Gasteiger partial charge is 0.357 e. The number of carbonyl (C=O) groups is 1. The SMILES string of the molecule is CCOC(=O)c1cncn1SC1CCCCC1. The van der Waals surface area contributed by atoms with Gasteiger partial charge in [0.25, 0.3) is 0 Å². The van der Waals surface area contributed by atoms with Crippen LogP contribution in [0, 0.1) is 0 Å². The fraction of sp³-hybridized carbons (Fsp3) is 0.667. The number of hydrogen-bond acceptors (Lipinski definition) is 4. The number of rotatable bonds is 4. The Morgan fingerprint density at radius 2 is 2.29 bits per heavy atom. The van der Waals surface area contributed by atoms with Crippen LogP contribution >= 0.6 is 11.9 Å². The van der Waals surface area contributed by atoms with E-state index in [1.54, 1.807) is 24.5 Å². The van der Waals surface area contributed by atoms with Gasteiger partial charge in [-0.2, -0.15) is 0 Å². The zero-order chi connectivity index (χ0) is 12.1. The molecule has 0 atom stereocenters. The van der Waals surface area contributed by atoms with E-state index >= 15 is 0 Å². The van der Waals surface area contributed by atoms with E-state index in [4.69, 9.17) is 4.74 Å². The van der Waals surface area contributed by atoms with Crippen LogP contribution in [0.5, 0.6) is 0 Å². The van der Waals surface area contributed by atoms with Crippen LogP contribution in [0.25, 0.3) is 0 Å². The van der Waals surface area contributed by atoms with Crippen molar-refractivity contribution in [2.24, 2.45) is 0 Å². The largest absolute Gasteiger partial charge is 0.461 e. The molecule has 0 amide bonds. The van der Waals surface area contributed by atoms with Crippen molar-refractivity contribution in [2.75, 3.05) is 6.61 Å². The highest BCUT2D eigenvalue weighted by Crippen LogP contribution is 2.30. The van der Waals surface area contributed by atoms with Gasteiger partial charge in [0.1, 0.15) is 6.33 Å². The minimum Gasteiger partial charge on any atom is -0.461 e. The van der Waals surface area contributed by atoms with Gasteiger partial charge in [-0.15, -0.1) is 0 Å². The minimum atomic E-state index is -0.284. The molecular weight excluding hydrogens is 236 g/mol. The molecule has 0 aromatic carbocycles. The Kier molecular flexibility index (Phi) is 4.48. The van der Waals surface area contributed by atoms with E-state index in [2.05, 4.69) is 4.98 Å². The second-order valence-electron chi connectivity index (χ2n) is 4.19. The summed E-state index contributed by atoms with van der Waals surface area (Å²) in [7, 11) is 0. The quantitative estimate of drug-likeness (QED) is 0.775. The lowest BCUT2D eigenvalue weighted by Crippen LogP contribution is -2.14. The summed E-state index contributed by atoms with van der Waals surface area (Å²) in [5, 5.41) is 0.603. The number of imidazole rings is 1. The molecule has 0 spiro atoms. The molecule has 1 aliphatic carbocycles. The van der Waals surface area contributed by atoms with Crippen LogP contribution in [0.2, 0.25) is 0 Å². The highest BCUT2D eigenvalue weighted by Gasteiger charge is 2.19. The third-order valence-corrected chi connectivity index (χ3v) is 4.19. The normalized spacial score (nSPS) is 17.0. The van der Waals surface area contributed by atoms with Crippen molar-refractivity contribution in [1.82, 2.24) is 8.96 Å². The molecule has 0 radical (unpaired) electrons. The number of ether oxygens (including phenoxy) is 1. The lowest BCUT2D eigenvalue weighted by Gasteiger charge is -2.21. The van der Waals surface area contributed by atoms with E-state index in [0.29, 0.717) is 17.6 Å². The van der Waals surface area contributed by atoms with Gasteiger partial charge in [0.15, 0.2) is 5.69 Å². The van der Waals surface area contributed by atoms with E-state index in [0.717, 1.165) is 0 Å². The lowest BCUT2D eigenvalue weighted by atomic mass is 10.0. The summed E-state index contributed by atoms with van der Waals surface area (Å²) in [6.07, 6.45) is 9.66. The van der Waals surface area contributed by atoms with Crippen LogP contribution in [-0.2, 0) is 4.74 Å². The number of esters is 1. The van der Waals surface area contributed by atoms with Crippen molar-refractivity contribution in [1.29, 1.82) is 0 Å². The second kappa shape index (κ2) is 6.10. The maximum absolute atomic E-state index is 11.7. The molecule has 0 saturated heterocycles. The van der Waals surface area contributed by atoms with Gasteiger partial charge in [-0.1, -0.05) is 19.3 Å².